The molecule has 46 heavy (non-hydrogen) atoms. The van der Waals surface area contributed by atoms with Gasteiger partial charge < -0.3 is 4.74 Å². The molecule has 0 aromatic heterocycles. The van der Waals surface area contributed by atoms with Gasteiger partial charge in [-0.05, 0) is 58.9 Å². The lowest BCUT2D eigenvalue weighted by molar-refractivity contribution is -0.131. The fraction of sp³-hybridized carbons (Fsp3) is 0.205. The molecule has 0 bridgehead atoms. The summed E-state index contributed by atoms with van der Waals surface area (Å²) in [4.78, 5) is 14.6. The van der Waals surface area contributed by atoms with E-state index in [0.29, 0.717) is 30.5 Å². The Kier molecular flexibility index (Phi) is 9.83. The Labute approximate surface area is 270 Å². The predicted octanol–water partition coefficient (Wildman–Crippen LogP) is 7.36. The number of halogens is 1. The molecule has 1 aliphatic rings. The fourth-order valence-electron chi connectivity index (χ4n) is 6.06. The summed E-state index contributed by atoms with van der Waals surface area (Å²) in [5.74, 6) is -0.924. The Balaban J connectivity index is 1.24. The third kappa shape index (κ3) is 7.34. The number of benzene rings is 5. The molecule has 2 unspecified atom stereocenters. The van der Waals surface area contributed by atoms with Crippen LogP contribution in [0.3, 0.4) is 0 Å². The minimum Gasteiger partial charge on any atom is -0.365 e. The molecule has 1 aliphatic heterocycles. The summed E-state index contributed by atoms with van der Waals surface area (Å²) in [6, 6.07) is 42.4. The van der Waals surface area contributed by atoms with E-state index in [9.17, 15) is 13.2 Å². The quantitative estimate of drug-likeness (QED) is 0.120. The van der Waals surface area contributed by atoms with Gasteiger partial charge in [-0.15, -0.1) is 0 Å². The Hall–Kier alpha value is -4.43. The first-order valence-corrected chi connectivity index (χ1v) is 17.0. The van der Waals surface area contributed by atoms with E-state index in [1.165, 1.54) is 10.4 Å². The molecule has 234 valence electrons. The normalized spacial score (nSPS) is 16.7. The van der Waals surface area contributed by atoms with Crippen LogP contribution < -0.4 is 0 Å². The molecule has 1 fully saturated rings. The molecule has 0 spiro atoms. The number of carbonyl (C=O) groups excluding carboxylic acids is 1. The zero-order valence-corrected chi connectivity index (χ0v) is 26.2. The van der Waals surface area contributed by atoms with Gasteiger partial charge in [0.05, 0.1) is 11.5 Å². The second kappa shape index (κ2) is 14.3. The van der Waals surface area contributed by atoms with Crippen LogP contribution in [0.1, 0.15) is 40.2 Å². The van der Waals surface area contributed by atoms with Crippen molar-refractivity contribution in [3.63, 3.8) is 0 Å². The second-order valence-corrected chi connectivity index (χ2v) is 13.5. The molecule has 0 saturated carbocycles. The van der Waals surface area contributed by atoms with Gasteiger partial charge in [0, 0.05) is 24.9 Å². The molecular formula is C39H36FNO4S. The molecule has 0 amide bonds. The van der Waals surface area contributed by atoms with Crippen LogP contribution in [0.4, 0.5) is 4.39 Å². The van der Waals surface area contributed by atoms with Crippen LogP contribution in [-0.4, -0.2) is 37.2 Å². The minimum atomic E-state index is -3.59. The Bertz CT molecular complexity index is 1810. The highest BCUT2D eigenvalue weighted by Gasteiger charge is 2.44. The first-order chi connectivity index (χ1) is 22.4. The number of nitrogens with zero attached hydrogens (tertiary/aromatic N) is 1. The van der Waals surface area contributed by atoms with Gasteiger partial charge in [-0.1, -0.05) is 121 Å². The van der Waals surface area contributed by atoms with Gasteiger partial charge in [0.2, 0.25) is 10.0 Å². The largest absolute Gasteiger partial charge is 0.365 e. The summed E-state index contributed by atoms with van der Waals surface area (Å²) in [6.07, 6.45) is -0.0778. The van der Waals surface area contributed by atoms with Gasteiger partial charge in [0.1, 0.15) is 11.9 Å². The Morgan fingerprint density at radius 1 is 0.761 bits per heavy atom. The molecule has 0 radical (unpaired) electrons. The topological polar surface area (TPSA) is 63.5 Å². The number of Topliss-reactive ketones (excluding diaryl/α,β-unsaturated/α-hetero) is 1. The smallest absolute Gasteiger partial charge is 0.243 e. The molecule has 1 heterocycles. The van der Waals surface area contributed by atoms with Gasteiger partial charge >= 0.3 is 0 Å². The van der Waals surface area contributed by atoms with E-state index in [4.69, 9.17) is 4.74 Å². The molecule has 0 aliphatic carbocycles. The number of hydrogen-bond donors (Lipinski definition) is 0. The first kappa shape index (κ1) is 31.5. The van der Waals surface area contributed by atoms with Gasteiger partial charge in [-0.3, -0.25) is 4.79 Å². The van der Waals surface area contributed by atoms with E-state index in [1.807, 2.05) is 91.0 Å². The summed E-state index contributed by atoms with van der Waals surface area (Å²) >= 11 is 0. The van der Waals surface area contributed by atoms with Crippen LogP contribution in [-0.2, 0) is 39.0 Å². The number of sulfonamides is 1. The monoisotopic (exact) mass is 633 g/mol. The molecule has 3 atom stereocenters. The van der Waals surface area contributed by atoms with Crippen molar-refractivity contribution in [2.45, 2.75) is 48.8 Å². The van der Waals surface area contributed by atoms with Crippen LogP contribution in [0, 0.1) is 5.82 Å². The van der Waals surface area contributed by atoms with Crippen LogP contribution in [0.5, 0.6) is 0 Å². The van der Waals surface area contributed by atoms with Crippen molar-refractivity contribution >= 4 is 15.8 Å². The SMILES string of the molecule is O=C(Cc1cccc(F)c1CC[C@H]1CN1S(=O)(=O)c1ccccc1)C(OCc1ccccc1)C(c1ccccc1)c1ccccc1. The molecule has 0 N–H and O–H groups in total. The summed E-state index contributed by atoms with van der Waals surface area (Å²) in [5, 5.41) is 0. The molecular weight excluding hydrogens is 597 g/mol. The van der Waals surface area contributed by atoms with Crippen molar-refractivity contribution in [2.24, 2.45) is 0 Å². The van der Waals surface area contributed by atoms with Crippen molar-refractivity contribution < 1.29 is 22.3 Å². The Morgan fingerprint density at radius 3 is 1.93 bits per heavy atom. The zero-order valence-electron chi connectivity index (χ0n) is 25.4. The maximum absolute atomic E-state index is 15.4. The molecule has 5 aromatic rings. The van der Waals surface area contributed by atoms with E-state index < -0.39 is 21.9 Å². The van der Waals surface area contributed by atoms with Gasteiger partial charge in [-0.2, -0.15) is 4.31 Å². The number of rotatable bonds is 14. The number of hydrogen-bond acceptors (Lipinski definition) is 4. The first-order valence-electron chi connectivity index (χ1n) is 15.5. The second-order valence-electron chi connectivity index (χ2n) is 11.6. The van der Waals surface area contributed by atoms with Crippen LogP contribution in [0.2, 0.25) is 0 Å². The van der Waals surface area contributed by atoms with E-state index in [0.717, 1.165) is 16.7 Å². The fourth-order valence-corrected chi connectivity index (χ4v) is 7.70. The molecule has 7 heteroatoms. The van der Waals surface area contributed by atoms with Gasteiger partial charge in [0.15, 0.2) is 5.78 Å². The molecule has 5 aromatic carbocycles. The summed E-state index contributed by atoms with van der Waals surface area (Å²) in [7, 11) is -3.59. The van der Waals surface area contributed by atoms with Crippen molar-refractivity contribution in [1.29, 1.82) is 0 Å². The highest BCUT2D eigenvalue weighted by molar-refractivity contribution is 7.89. The summed E-state index contributed by atoms with van der Waals surface area (Å²) < 4.78 is 49.3. The zero-order chi connectivity index (χ0) is 31.9. The van der Waals surface area contributed by atoms with Crippen LogP contribution in [0.15, 0.2) is 144 Å². The number of ketones is 1. The maximum Gasteiger partial charge on any atom is 0.243 e. The number of ether oxygens (including phenoxy) is 1. The minimum absolute atomic E-state index is 0.0145. The third-order valence-corrected chi connectivity index (χ3v) is 10.5. The van der Waals surface area contributed by atoms with Crippen molar-refractivity contribution in [1.82, 2.24) is 4.31 Å². The highest BCUT2D eigenvalue weighted by atomic mass is 32.2. The lowest BCUT2D eigenvalue weighted by Crippen LogP contribution is -2.33. The lowest BCUT2D eigenvalue weighted by atomic mass is 9.83. The van der Waals surface area contributed by atoms with E-state index in [-0.39, 0.29) is 35.7 Å². The molecule has 1 saturated heterocycles. The average Bonchev–Trinajstić information content (AvgIpc) is 3.89. The van der Waals surface area contributed by atoms with Crippen LogP contribution >= 0.6 is 0 Å². The van der Waals surface area contributed by atoms with Crippen molar-refractivity contribution in [3.05, 3.63) is 173 Å². The van der Waals surface area contributed by atoms with E-state index >= 15 is 4.39 Å². The van der Waals surface area contributed by atoms with Gasteiger partial charge in [0.25, 0.3) is 0 Å². The molecule has 6 rings (SSSR count). The van der Waals surface area contributed by atoms with Crippen molar-refractivity contribution in [3.8, 4) is 0 Å². The molecule has 5 nitrogen and oxygen atoms in total. The third-order valence-electron chi connectivity index (χ3n) is 8.53. The van der Waals surface area contributed by atoms with Gasteiger partial charge in [-0.25, -0.2) is 12.8 Å². The van der Waals surface area contributed by atoms with E-state index in [2.05, 4.69) is 0 Å². The van der Waals surface area contributed by atoms with E-state index in [1.54, 1.807) is 42.5 Å². The number of carbonyl (C=O) groups is 1. The van der Waals surface area contributed by atoms with Crippen LogP contribution in [0.25, 0.3) is 0 Å². The summed E-state index contributed by atoms with van der Waals surface area (Å²) in [6.45, 7) is 0.641. The Morgan fingerprint density at radius 2 is 1.33 bits per heavy atom. The lowest BCUT2D eigenvalue weighted by Gasteiger charge is -2.28. The maximum atomic E-state index is 15.4. The predicted molar refractivity (Wildman–Crippen MR) is 177 cm³/mol. The highest BCUT2D eigenvalue weighted by Crippen LogP contribution is 2.34. The average molecular weight is 634 g/mol. The van der Waals surface area contributed by atoms with Crippen molar-refractivity contribution in [2.75, 3.05) is 6.54 Å². The standard InChI is InChI=1S/C39H36FNO4S/c40-36-23-13-20-32(35(36)25-24-33-27-41(33)46(43,44)34-21-11-4-12-22-34)26-37(42)39(45-28-29-14-5-1-6-15-29)38(30-16-7-2-8-17-30)31-18-9-3-10-19-31/h1-23,33,38-39H,24-28H2/t33-,39?,41?/m0/s1. The summed E-state index contributed by atoms with van der Waals surface area (Å²) in [5.41, 5.74) is 3.89.